The first-order valence-corrected chi connectivity index (χ1v) is 10.2. The molecule has 0 fully saturated rings. The first kappa shape index (κ1) is 18.1. The standard InChI is InChI=1S/C19H18N4O4S/c1-3-23-11(2)8-12-9-13(4-7-17(12)23)22-28(26,27)14-5-6-16-15(10-14)18(24)21-19(25)20-16/h4-10,22H,3H2,1-2H3,(H2,20,21,24,25). The summed E-state index contributed by atoms with van der Waals surface area (Å²) in [6.45, 7) is 4.89. The first-order chi connectivity index (χ1) is 13.3. The van der Waals surface area contributed by atoms with Crippen LogP contribution in [0, 0.1) is 6.92 Å². The molecular weight excluding hydrogens is 380 g/mol. The number of rotatable bonds is 4. The van der Waals surface area contributed by atoms with Gasteiger partial charge in [0.05, 0.1) is 15.8 Å². The number of fused-ring (bicyclic) bond motifs is 2. The number of sulfonamides is 1. The van der Waals surface area contributed by atoms with E-state index in [1.165, 1.54) is 18.2 Å². The van der Waals surface area contributed by atoms with E-state index in [1.54, 1.807) is 12.1 Å². The van der Waals surface area contributed by atoms with E-state index in [4.69, 9.17) is 0 Å². The van der Waals surface area contributed by atoms with Gasteiger partial charge in [0.2, 0.25) is 0 Å². The van der Waals surface area contributed by atoms with Gasteiger partial charge in [0.1, 0.15) is 0 Å². The van der Waals surface area contributed by atoms with E-state index in [2.05, 4.69) is 26.2 Å². The number of hydrogen-bond donors (Lipinski definition) is 3. The second kappa shape index (κ2) is 6.38. The predicted molar refractivity (Wildman–Crippen MR) is 108 cm³/mol. The Morgan fingerprint density at radius 1 is 1.04 bits per heavy atom. The van der Waals surface area contributed by atoms with Crippen molar-refractivity contribution in [1.29, 1.82) is 0 Å². The third kappa shape index (κ3) is 2.99. The first-order valence-electron chi connectivity index (χ1n) is 8.67. The number of aromatic amines is 2. The highest BCUT2D eigenvalue weighted by Gasteiger charge is 2.16. The van der Waals surface area contributed by atoms with Crippen LogP contribution in [0.5, 0.6) is 0 Å². The minimum absolute atomic E-state index is 0.0695. The number of aryl methyl sites for hydroxylation is 2. The van der Waals surface area contributed by atoms with Crippen LogP contribution in [-0.4, -0.2) is 23.0 Å². The van der Waals surface area contributed by atoms with E-state index >= 15 is 0 Å². The maximum Gasteiger partial charge on any atom is 0.326 e. The van der Waals surface area contributed by atoms with Gasteiger partial charge in [0.15, 0.2) is 0 Å². The molecule has 0 saturated carbocycles. The zero-order valence-corrected chi connectivity index (χ0v) is 16.1. The van der Waals surface area contributed by atoms with Crippen molar-refractivity contribution in [3.8, 4) is 0 Å². The molecule has 4 aromatic rings. The van der Waals surface area contributed by atoms with Crippen molar-refractivity contribution < 1.29 is 8.42 Å². The summed E-state index contributed by atoms with van der Waals surface area (Å²) in [6.07, 6.45) is 0. The summed E-state index contributed by atoms with van der Waals surface area (Å²) >= 11 is 0. The van der Waals surface area contributed by atoms with Crippen molar-refractivity contribution in [1.82, 2.24) is 14.5 Å². The molecule has 0 atom stereocenters. The van der Waals surface area contributed by atoms with Crippen molar-refractivity contribution in [3.05, 3.63) is 69.0 Å². The molecule has 4 rings (SSSR count). The highest BCUT2D eigenvalue weighted by atomic mass is 32.2. The molecule has 9 heteroatoms. The lowest BCUT2D eigenvalue weighted by Crippen LogP contribution is -2.22. The molecule has 0 aliphatic carbocycles. The lowest BCUT2D eigenvalue weighted by molar-refractivity contribution is 0.601. The average Bonchev–Trinajstić information content (AvgIpc) is 2.95. The number of nitrogens with one attached hydrogen (secondary N) is 3. The Balaban J connectivity index is 1.75. The number of aromatic nitrogens is 3. The minimum atomic E-state index is -3.91. The van der Waals surface area contributed by atoms with Gasteiger partial charge >= 0.3 is 5.69 Å². The van der Waals surface area contributed by atoms with Gasteiger partial charge in [-0.3, -0.25) is 14.5 Å². The molecule has 0 spiro atoms. The van der Waals surface area contributed by atoms with Gasteiger partial charge in [-0.25, -0.2) is 13.2 Å². The highest BCUT2D eigenvalue weighted by molar-refractivity contribution is 7.92. The number of anilines is 1. The minimum Gasteiger partial charge on any atom is -0.345 e. The molecule has 0 radical (unpaired) electrons. The molecule has 2 aromatic carbocycles. The Labute approximate surface area is 159 Å². The summed E-state index contributed by atoms with van der Waals surface area (Å²) in [7, 11) is -3.91. The number of hydrogen-bond acceptors (Lipinski definition) is 4. The molecule has 0 unspecified atom stereocenters. The highest BCUT2D eigenvalue weighted by Crippen LogP contribution is 2.25. The fourth-order valence-corrected chi connectivity index (χ4v) is 4.49. The molecule has 2 heterocycles. The molecule has 3 N–H and O–H groups in total. The monoisotopic (exact) mass is 398 g/mol. The van der Waals surface area contributed by atoms with Crippen LogP contribution in [0.4, 0.5) is 5.69 Å². The summed E-state index contributed by atoms with van der Waals surface area (Å²) in [5, 5.41) is 1.03. The molecule has 0 aliphatic heterocycles. The molecule has 0 aliphatic rings. The molecular formula is C19H18N4O4S. The van der Waals surface area contributed by atoms with Gasteiger partial charge in [-0.2, -0.15) is 0 Å². The summed E-state index contributed by atoms with van der Waals surface area (Å²) in [4.78, 5) is 27.8. The van der Waals surface area contributed by atoms with Crippen LogP contribution in [0.1, 0.15) is 12.6 Å². The van der Waals surface area contributed by atoms with Crippen LogP contribution in [0.2, 0.25) is 0 Å². The summed E-state index contributed by atoms with van der Waals surface area (Å²) in [5.74, 6) is 0. The molecule has 8 nitrogen and oxygen atoms in total. The maximum atomic E-state index is 12.8. The lowest BCUT2D eigenvalue weighted by Gasteiger charge is -2.10. The predicted octanol–water partition coefficient (Wildman–Crippen LogP) is 2.30. The third-order valence-electron chi connectivity index (χ3n) is 4.70. The zero-order valence-electron chi connectivity index (χ0n) is 15.2. The largest absolute Gasteiger partial charge is 0.345 e. The summed E-state index contributed by atoms with van der Waals surface area (Å²) < 4.78 is 30.3. The van der Waals surface area contributed by atoms with E-state index < -0.39 is 21.3 Å². The fourth-order valence-electron chi connectivity index (χ4n) is 3.42. The van der Waals surface area contributed by atoms with Gasteiger partial charge < -0.3 is 9.55 Å². The van der Waals surface area contributed by atoms with Gasteiger partial charge in [-0.1, -0.05) is 0 Å². The Kier molecular flexibility index (Phi) is 4.11. The zero-order chi connectivity index (χ0) is 20.1. The van der Waals surface area contributed by atoms with Gasteiger partial charge in [-0.15, -0.1) is 0 Å². The van der Waals surface area contributed by atoms with Crippen LogP contribution in [0.25, 0.3) is 21.8 Å². The molecule has 0 saturated heterocycles. The van der Waals surface area contributed by atoms with Crippen molar-refractivity contribution in [2.24, 2.45) is 0 Å². The van der Waals surface area contributed by atoms with Crippen LogP contribution < -0.4 is 16.0 Å². The van der Waals surface area contributed by atoms with Crippen LogP contribution in [0.3, 0.4) is 0 Å². The van der Waals surface area contributed by atoms with Crippen LogP contribution >= 0.6 is 0 Å². The van der Waals surface area contributed by atoms with Crippen LogP contribution in [0.15, 0.2) is 56.9 Å². The van der Waals surface area contributed by atoms with E-state index in [0.717, 1.165) is 23.1 Å². The molecule has 144 valence electrons. The summed E-state index contributed by atoms with van der Waals surface area (Å²) in [5.41, 5.74) is 1.54. The fraction of sp³-hybridized carbons (Fsp3) is 0.158. The molecule has 0 bridgehead atoms. The Morgan fingerprint density at radius 3 is 2.57 bits per heavy atom. The number of nitrogens with zero attached hydrogens (tertiary/aromatic N) is 1. The molecule has 0 amide bonds. The second-order valence-corrected chi connectivity index (χ2v) is 8.21. The van der Waals surface area contributed by atoms with E-state index in [-0.39, 0.29) is 15.8 Å². The van der Waals surface area contributed by atoms with Gasteiger partial charge in [-0.05, 0) is 56.3 Å². The smallest absolute Gasteiger partial charge is 0.326 e. The van der Waals surface area contributed by atoms with Crippen LogP contribution in [-0.2, 0) is 16.6 Å². The Hall–Kier alpha value is -3.33. The maximum absolute atomic E-state index is 12.8. The number of benzene rings is 2. The average molecular weight is 398 g/mol. The SMILES string of the molecule is CCn1c(C)cc2cc(NS(=O)(=O)c3ccc4[nH]c(=O)[nH]c(=O)c4c3)ccc21. The lowest BCUT2D eigenvalue weighted by atomic mass is 10.2. The van der Waals surface area contributed by atoms with E-state index in [0.29, 0.717) is 5.69 Å². The Bertz CT molecular complexity index is 1440. The van der Waals surface area contributed by atoms with Crippen molar-refractivity contribution in [2.75, 3.05) is 4.72 Å². The number of H-pyrrole nitrogens is 2. The van der Waals surface area contributed by atoms with Crippen molar-refractivity contribution in [3.63, 3.8) is 0 Å². The van der Waals surface area contributed by atoms with E-state index in [1.807, 2.05) is 19.1 Å². The van der Waals surface area contributed by atoms with Crippen molar-refractivity contribution >= 4 is 37.5 Å². The van der Waals surface area contributed by atoms with Gasteiger partial charge in [0.25, 0.3) is 15.6 Å². The Morgan fingerprint density at radius 2 is 1.82 bits per heavy atom. The molecule has 28 heavy (non-hydrogen) atoms. The normalized spacial score (nSPS) is 11.9. The quantitative estimate of drug-likeness (QED) is 0.489. The third-order valence-corrected chi connectivity index (χ3v) is 6.08. The van der Waals surface area contributed by atoms with Crippen molar-refractivity contribution in [2.45, 2.75) is 25.3 Å². The molecule has 2 aromatic heterocycles. The second-order valence-electron chi connectivity index (χ2n) is 6.52. The topological polar surface area (TPSA) is 117 Å². The summed E-state index contributed by atoms with van der Waals surface area (Å²) in [6, 6.07) is 11.3. The van der Waals surface area contributed by atoms with E-state index in [9.17, 15) is 18.0 Å². The van der Waals surface area contributed by atoms with Gasteiger partial charge in [0, 0.05) is 28.8 Å².